The molecule has 0 aliphatic heterocycles. The molecule has 0 spiro atoms. The second-order valence-electron chi connectivity index (χ2n) is 3.92. The highest BCUT2D eigenvalue weighted by Gasteiger charge is 2.32. The quantitative estimate of drug-likeness (QED) is 0.624. The van der Waals surface area contributed by atoms with E-state index in [2.05, 4.69) is 4.98 Å². The van der Waals surface area contributed by atoms with Gasteiger partial charge < -0.3 is 0 Å². The van der Waals surface area contributed by atoms with Crippen molar-refractivity contribution in [2.45, 2.75) is 6.18 Å². The minimum Gasteiger partial charge on any atom is -0.287 e. The summed E-state index contributed by atoms with van der Waals surface area (Å²) in [5.41, 5.74) is -2.05. The van der Waals surface area contributed by atoms with Crippen molar-refractivity contribution in [1.29, 1.82) is 0 Å². The maximum absolute atomic E-state index is 13.2. The summed E-state index contributed by atoms with van der Waals surface area (Å²) < 4.78 is 63.4. The van der Waals surface area contributed by atoms with Crippen molar-refractivity contribution in [3.05, 3.63) is 65.0 Å². The molecule has 2 nitrogen and oxygen atoms in total. The molecule has 0 saturated carbocycles. The molecule has 20 heavy (non-hydrogen) atoms. The zero-order chi connectivity index (χ0) is 14.9. The summed E-state index contributed by atoms with van der Waals surface area (Å²) in [5, 5.41) is 0. The van der Waals surface area contributed by atoms with Crippen LogP contribution < -0.4 is 0 Å². The number of benzene rings is 1. The number of nitrogens with zero attached hydrogens (tertiary/aromatic N) is 1. The molecular formula is C13H6F5NO. The first-order valence-electron chi connectivity index (χ1n) is 5.31. The fourth-order valence-corrected chi connectivity index (χ4v) is 1.54. The molecule has 0 amide bonds. The molecular weight excluding hydrogens is 281 g/mol. The Bertz CT molecular complexity index is 649. The molecule has 0 atom stereocenters. The van der Waals surface area contributed by atoms with Crippen LogP contribution in [-0.2, 0) is 6.18 Å². The summed E-state index contributed by atoms with van der Waals surface area (Å²) in [5.74, 6) is -2.81. The first-order valence-corrected chi connectivity index (χ1v) is 5.31. The van der Waals surface area contributed by atoms with E-state index in [4.69, 9.17) is 0 Å². The average Bonchev–Trinajstić information content (AvgIpc) is 2.37. The van der Waals surface area contributed by atoms with Crippen molar-refractivity contribution in [3.8, 4) is 0 Å². The summed E-state index contributed by atoms with van der Waals surface area (Å²) >= 11 is 0. The molecule has 104 valence electrons. The third-order valence-corrected chi connectivity index (χ3v) is 2.45. The fourth-order valence-electron chi connectivity index (χ4n) is 1.54. The Balaban J connectivity index is 2.45. The highest BCUT2D eigenvalue weighted by Crippen LogP contribution is 2.30. The molecule has 0 bridgehead atoms. The number of carbonyl (C=O) groups excluding carboxylic acids is 1. The Morgan fingerprint density at radius 1 is 1.00 bits per heavy atom. The summed E-state index contributed by atoms with van der Waals surface area (Å²) in [6, 6.07) is 3.42. The molecule has 0 radical (unpaired) electrons. The van der Waals surface area contributed by atoms with E-state index in [1.54, 1.807) is 0 Å². The van der Waals surface area contributed by atoms with E-state index in [0.717, 1.165) is 18.3 Å². The average molecular weight is 287 g/mol. The standard InChI is InChI=1S/C13H6F5NO/c14-9-1-2-11(19-6-9)12(20)7-3-8(13(16,17)18)5-10(15)4-7/h1-6H. The first kappa shape index (κ1) is 14.1. The van der Waals surface area contributed by atoms with E-state index < -0.39 is 34.7 Å². The van der Waals surface area contributed by atoms with Gasteiger partial charge in [-0.2, -0.15) is 13.2 Å². The molecule has 0 aliphatic rings. The van der Waals surface area contributed by atoms with Crippen LogP contribution in [0.2, 0.25) is 0 Å². The molecule has 1 aromatic carbocycles. The number of hydrogen-bond acceptors (Lipinski definition) is 2. The Morgan fingerprint density at radius 2 is 1.70 bits per heavy atom. The van der Waals surface area contributed by atoms with Gasteiger partial charge >= 0.3 is 6.18 Å². The molecule has 7 heteroatoms. The predicted octanol–water partition coefficient (Wildman–Crippen LogP) is 3.61. The van der Waals surface area contributed by atoms with Gasteiger partial charge in [-0.15, -0.1) is 0 Å². The van der Waals surface area contributed by atoms with Gasteiger partial charge in [0.25, 0.3) is 0 Å². The maximum atomic E-state index is 13.2. The number of ketones is 1. The third-order valence-electron chi connectivity index (χ3n) is 2.45. The number of hydrogen-bond donors (Lipinski definition) is 0. The maximum Gasteiger partial charge on any atom is 0.416 e. The molecule has 2 aromatic rings. The van der Waals surface area contributed by atoms with Crippen molar-refractivity contribution in [3.63, 3.8) is 0 Å². The molecule has 0 saturated heterocycles. The van der Waals surface area contributed by atoms with Gasteiger partial charge in [-0.25, -0.2) is 13.8 Å². The van der Waals surface area contributed by atoms with Gasteiger partial charge in [-0.05, 0) is 30.3 Å². The summed E-state index contributed by atoms with van der Waals surface area (Å²) in [6.45, 7) is 0. The van der Waals surface area contributed by atoms with Gasteiger partial charge in [0.15, 0.2) is 0 Å². The minimum absolute atomic E-state index is 0.273. The SMILES string of the molecule is O=C(c1cc(F)cc(C(F)(F)F)c1)c1ccc(F)cn1. The number of pyridine rings is 1. The number of aromatic nitrogens is 1. The van der Waals surface area contributed by atoms with Crippen LogP contribution >= 0.6 is 0 Å². The van der Waals surface area contributed by atoms with Gasteiger partial charge in [-0.3, -0.25) is 4.79 Å². The van der Waals surface area contributed by atoms with Crippen LogP contribution in [0.1, 0.15) is 21.6 Å². The smallest absolute Gasteiger partial charge is 0.287 e. The van der Waals surface area contributed by atoms with Gasteiger partial charge in [0.05, 0.1) is 11.8 Å². The lowest BCUT2D eigenvalue weighted by atomic mass is 10.0. The van der Waals surface area contributed by atoms with E-state index in [9.17, 15) is 26.7 Å². The van der Waals surface area contributed by atoms with Crippen LogP contribution in [-0.4, -0.2) is 10.8 Å². The largest absolute Gasteiger partial charge is 0.416 e. The highest BCUT2D eigenvalue weighted by atomic mass is 19.4. The Hall–Kier alpha value is -2.31. The van der Waals surface area contributed by atoms with E-state index in [0.29, 0.717) is 12.1 Å². The van der Waals surface area contributed by atoms with E-state index in [1.807, 2.05) is 0 Å². The number of rotatable bonds is 2. The van der Waals surface area contributed by atoms with Crippen LogP contribution in [0.15, 0.2) is 36.5 Å². The van der Waals surface area contributed by atoms with E-state index in [-0.39, 0.29) is 11.8 Å². The zero-order valence-electron chi connectivity index (χ0n) is 9.71. The van der Waals surface area contributed by atoms with Crippen LogP contribution in [0.3, 0.4) is 0 Å². The normalized spacial score (nSPS) is 11.4. The molecule has 0 N–H and O–H groups in total. The second kappa shape index (κ2) is 4.99. The number of carbonyl (C=O) groups is 1. The molecule has 0 fully saturated rings. The zero-order valence-corrected chi connectivity index (χ0v) is 9.71. The lowest BCUT2D eigenvalue weighted by Crippen LogP contribution is -2.10. The third kappa shape index (κ3) is 2.98. The van der Waals surface area contributed by atoms with Crippen molar-refractivity contribution in [2.75, 3.05) is 0 Å². The van der Waals surface area contributed by atoms with Gasteiger partial charge in [0.2, 0.25) is 5.78 Å². The summed E-state index contributed by atoms with van der Waals surface area (Å²) in [4.78, 5) is 15.3. The van der Waals surface area contributed by atoms with Crippen LogP contribution in [0.25, 0.3) is 0 Å². The first-order chi connectivity index (χ1) is 9.27. The molecule has 2 rings (SSSR count). The molecule has 0 unspecified atom stereocenters. The van der Waals surface area contributed by atoms with Gasteiger partial charge in [-0.1, -0.05) is 0 Å². The molecule has 1 heterocycles. The summed E-state index contributed by atoms with van der Waals surface area (Å²) in [6.07, 6.45) is -4.02. The Kier molecular flexibility index (Phi) is 3.52. The second-order valence-corrected chi connectivity index (χ2v) is 3.92. The Labute approximate surface area is 109 Å². The Morgan fingerprint density at radius 3 is 2.25 bits per heavy atom. The number of alkyl halides is 3. The van der Waals surface area contributed by atoms with Crippen molar-refractivity contribution >= 4 is 5.78 Å². The lowest BCUT2D eigenvalue weighted by Gasteiger charge is -2.08. The topological polar surface area (TPSA) is 30.0 Å². The lowest BCUT2D eigenvalue weighted by molar-refractivity contribution is -0.137. The fraction of sp³-hybridized carbons (Fsp3) is 0.0769. The van der Waals surface area contributed by atoms with Crippen LogP contribution in [0.4, 0.5) is 22.0 Å². The number of halogens is 5. The van der Waals surface area contributed by atoms with E-state index in [1.165, 1.54) is 0 Å². The monoisotopic (exact) mass is 287 g/mol. The predicted molar refractivity (Wildman–Crippen MR) is 59.0 cm³/mol. The highest BCUT2D eigenvalue weighted by molar-refractivity contribution is 6.07. The van der Waals surface area contributed by atoms with Gasteiger partial charge in [0.1, 0.15) is 17.3 Å². The van der Waals surface area contributed by atoms with Gasteiger partial charge in [0, 0.05) is 5.56 Å². The van der Waals surface area contributed by atoms with Crippen molar-refractivity contribution in [1.82, 2.24) is 4.98 Å². The minimum atomic E-state index is -4.77. The van der Waals surface area contributed by atoms with Crippen LogP contribution in [0.5, 0.6) is 0 Å². The molecule has 0 aliphatic carbocycles. The van der Waals surface area contributed by atoms with Crippen molar-refractivity contribution < 1.29 is 26.7 Å². The summed E-state index contributed by atoms with van der Waals surface area (Å²) in [7, 11) is 0. The van der Waals surface area contributed by atoms with E-state index >= 15 is 0 Å². The van der Waals surface area contributed by atoms with Crippen molar-refractivity contribution in [2.24, 2.45) is 0 Å². The molecule has 1 aromatic heterocycles. The van der Waals surface area contributed by atoms with Crippen LogP contribution in [0, 0.1) is 11.6 Å².